The molecule has 30 heavy (non-hydrogen) atoms. The Kier molecular flexibility index (Phi) is 5.06. The molecule has 0 bridgehead atoms. The van der Waals surface area contributed by atoms with Crippen molar-refractivity contribution in [3.8, 4) is 17.8 Å². The van der Waals surface area contributed by atoms with Crippen molar-refractivity contribution in [2.45, 2.75) is 13.8 Å². The molecule has 0 radical (unpaired) electrons. The predicted molar refractivity (Wildman–Crippen MR) is 121 cm³/mol. The summed E-state index contributed by atoms with van der Waals surface area (Å²) in [6, 6.07) is 23.6. The third-order valence-corrected chi connectivity index (χ3v) is 6.07. The first kappa shape index (κ1) is 19.4. The summed E-state index contributed by atoms with van der Waals surface area (Å²) in [5.41, 5.74) is 3.19. The molecular weight excluding hydrogens is 390 g/mol. The first-order chi connectivity index (χ1) is 14.5. The van der Waals surface area contributed by atoms with E-state index < -0.39 is 0 Å². The molecule has 0 saturated carbocycles. The van der Waals surface area contributed by atoms with E-state index in [0.717, 1.165) is 27.5 Å². The summed E-state index contributed by atoms with van der Waals surface area (Å²) in [6.45, 7) is 3.86. The summed E-state index contributed by atoms with van der Waals surface area (Å²) >= 11 is 1.17. The number of hydrogen-bond donors (Lipinski definition) is 0. The Hall–Kier alpha value is -3.93. The molecule has 0 amide bonds. The van der Waals surface area contributed by atoms with E-state index in [0.29, 0.717) is 14.9 Å². The van der Waals surface area contributed by atoms with Crippen molar-refractivity contribution in [2.75, 3.05) is 0 Å². The number of fused-ring (bicyclic) bond motifs is 1. The van der Waals surface area contributed by atoms with E-state index in [1.165, 1.54) is 15.9 Å². The van der Waals surface area contributed by atoms with Gasteiger partial charge in [-0.2, -0.15) is 10.5 Å². The van der Waals surface area contributed by atoms with Crippen molar-refractivity contribution in [2.24, 2.45) is 0 Å². The molecule has 4 rings (SSSR count). The van der Waals surface area contributed by atoms with Crippen LogP contribution in [0.4, 0.5) is 0 Å². The van der Waals surface area contributed by atoms with Crippen LogP contribution in [0.25, 0.3) is 28.1 Å². The molecule has 1 heterocycles. The predicted octanol–water partition coefficient (Wildman–Crippen LogP) is 3.70. The molecule has 0 aliphatic heterocycles. The van der Waals surface area contributed by atoms with E-state index in [2.05, 4.69) is 0 Å². The van der Waals surface area contributed by atoms with Gasteiger partial charge in [-0.15, -0.1) is 11.3 Å². The molecule has 144 valence electrons. The molecule has 0 fully saturated rings. The largest absolute Gasteiger partial charge is 0.273 e. The zero-order chi connectivity index (χ0) is 21.3. The Morgan fingerprint density at radius 1 is 1.00 bits per heavy atom. The van der Waals surface area contributed by atoms with E-state index in [9.17, 15) is 15.3 Å². The van der Waals surface area contributed by atoms with Gasteiger partial charge < -0.3 is 0 Å². The average molecular weight is 407 g/mol. The second kappa shape index (κ2) is 7.83. The number of aryl methyl sites for hydroxylation is 2. The molecule has 0 N–H and O–H groups in total. The van der Waals surface area contributed by atoms with E-state index >= 15 is 0 Å². The fraction of sp³-hybridized carbons (Fsp3) is 0.0800. The van der Waals surface area contributed by atoms with Crippen LogP contribution in [0.2, 0.25) is 0 Å². The maximum atomic E-state index is 13.4. The van der Waals surface area contributed by atoms with Gasteiger partial charge in [0, 0.05) is 0 Å². The Labute approximate surface area is 177 Å². The highest BCUT2D eigenvalue weighted by molar-refractivity contribution is 7.07. The van der Waals surface area contributed by atoms with E-state index in [4.69, 9.17) is 0 Å². The molecule has 5 heteroatoms. The summed E-state index contributed by atoms with van der Waals surface area (Å²) in [5, 5.41) is 21.1. The third kappa shape index (κ3) is 3.33. The monoisotopic (exact) mass is 407 g/mol. The van der Waals surface area contributed by atoms with Crippen molar-refractivity contribution >= 4 is 33.8 Å². The summed E-state index contributed by atoms with van der Waals surface area (Å²) < 4.78 is 2.32. The van der Waals surface area contributed by atoms with Gasteiger partial charge in [0.2, 0.25) is 0 Å². The minimum atomic E-state index is -0.236. The van der Waals surface area contributed by atoms with Crippen LogP contribution >= 0.6 is 11.3 Å². The molecule has 0 unspecified atom stereocenters. The zero-order valence-corrected chi connectivity index (χ0v) is 17.3. The normalized spacial score (nSPS) is 11.3. The van der Waals surface area contributed by atoms with Gasteiger partial charge in [0.05, 0.1) is 10.2 Å². The summed E-state index contributed by atoms with van der Waals surface area (Å²) in [4.78, 5) is 13.4. The van der Waals surface area contributed by atoms with Crippen molar-refractivity contribution in [1.29, 1.82) is 10.5 Å². The lowest BCUT2D eigenvalue weighted by Gasteiger charge is -2.07. The molecule has 0 atom stereocenters. The first-order valence-electron chi connectivity index (χ1n) is 9.37. The lowest BCUT2D eigenvalue weighted by molar-refractivity contribution is 0.972. The van der Waals surface area contributed by atoms with Crippen molar-refractivity contribution in [3.63, 3.8) is 0 Å². The van der Waals surface area contributed by atoms with Crippen LogP contribution in [0.1, 0.15) is 16.7 Å². The van der Waals surface area contributed by atoms with Crippen molar-refractivity contribution in [3.05, 3.63) is 96.9 Å². The number of aromatic nitrogens is 1. The van der Waals surface area contributed by atoms with Gasteiger partial charge in [-0.05, 0) is 53.5 Å². The van der Waals surface area contributed by atoms with E-state index in [1.54, 1.807) is 0 Å². The van der Waals surface area contributed by atoms with E-state index in [-0.39, 0.29) is 11.1 Å². The highest BCUT2D eigenvalue weighted by atomic mass is 32.1. The second-order valence-electron chi connectivity index (χ2n) is 7.01. The van der Waals surface area contributed by atoms with Gasteiger partial charge >= 0.3 is 0 Å². The van der Waals surface area contributed by atoms with Gasteiger partial charge in [-0.1, -0.05) is 54.6 Å². The maximum absolute atomic E-state index is 13.4. The zero-order valence-electron chi connectivity index (χ0n) is 16.5. The van der Waals surface area contributed by atoms with Crippen LogP contribution in [0.15, 0.2) is 65.5 Å². The smallest absolute Gasteiger partial charge is 0.267 e. The maximum Gasteiger partial charge on any atom is 0.273 e. The first-order valence-corrected chi connectivity index (χ1v) is 10.2. The molecule has 0 spiro atoms. The Bertz CT molecular complexity index is 1540. The Morgan fingerprint density at radius 2 is 1.73 bits per heavy atom. The summed E-state index contributed by atoms with van der Waals surface area (Å²) in [5.74, 6) is 0. The van der Waals surface area contributed by atoms with Crippen LogP contribution in [-0.2, 0) is 0 Å². The second-order valence-corrected chi connectivity index (χ2v) is 8.04. The number of nitrogens with zero attached hydrogens (tertiary/aromatic N) is 3. The van der Waals surface area contributed by atoms with Crippen LogP contribution in [0, 0.1) is 36.5 Å². The fourth-order valence-electron chi connectivity index (χ4n) is 3.47. The van der Waals surface area contributed by atoms with Crippen molar-refractivity contribution < 1.29 is 0 Å². The Morgan fingerprint density at radius 3 is 2.50 bits per heavy atom. The molecule has 0 aliphatic rings. The standard InChI is InChI=1S/C25H17N3OS/c1-16-10-11-17(2)22(12-16)28-24(29)23(30-25(28)20(14-26)15-27)13-19-8-5-7-18-6-3-4-9-21(18)19/h3-13H,1-2H3/b23-13+. The van der Waals surface area contributed by atoms with Gasteiger partial charge in [0.1, 0.15) is 16.8 Å². The number of rotatable bonds is 2. The quantitative estimate of drug-likeness (QED) is 0.509. The molecule has 0 saturated heterocycles. The van der Waals surface area contributed by atoms with Crippen molar-refractivity contribution in [1.82, 2.24) is 4.57 Å². The molecule has 3 aromatic carbocycles. The average Bonchev–Trinajstić information content (AvgIpc) is 3.07. The van der Waals surface area contributed by atoms with Crippen LogP contribution < -0.4 is 14.8 Å². The van der Waals surface area contributed by atoms with Gasteiger partial charge in [0.25, 0.3) is 5.56 Å². The lowest BCUT2D eigenvalue weighted by Crippen LogP contribution is -2.31. The third-order valence-electron chi connectivity index (χ3n) is 4.98. The van der Waals surface area contributed by atoms with Gasteiger partial charge in [-0.3, -0.25) is 9.36 Å². The lowest BCUT2D eigenvalue weighted by atomic mass is 10.0. The van der Waals surface area contributed by atoms with Crippen LogP contribution in [-0.4, -0.2) is 4.57 Å². The van der Waals surface area contributed by atoms with E-state index in [1.807, 2.05) is 92.7 Å². The summed E-state index contributed by atoms with van der Waals surface area (Å²) in [7, 11) is 0. The molecule has 0 aliphatic carbocycles. The molecule has 4 nitrogen and oxygen atoms in total. The summed E-state index contributed by atoms with van der Waals surface area (Å²) in [6.07, 6.45) is 1.84. The minimum Gasteiger partial charge on any atom is -0.267 e. The molecule has 4 aromatic rings. The minimum absolute atomic E-state index is 0.0735. The molecular formula is C25H17N3OS. The molecule has 1 aromatic heterocycles. The fourth-order valence-corrected chi connectivity index (χ4v) is 4.51. The number of benzene rings is 3. The highest BCUT2D eigenvalue weighted by Crippen LogP contribution is 2.19. The SMILES string of the molecule is Cc1ccc(C)c(-n2c(=C(C#N)C#N)s/c(=C/c3cccc4ccccc34)c2=O)c1. The number of nitriles is 2. The van der Waals surface area contributed by atoms with Crippen LogP contribution in [0.3, 0.4) is 0 Å². The number of hydrogen-bond acceptors (Lipinski definition) is 4. The van der Waals surface area contributed by atoms with Crippen LogP contribution in [0.5, 0.6) is 0 Å². The van der Waals surface area contributed by atoms with Gasteiger partial charge in [-0.25, -0.2) is 0 Å². The highest BCUT2D eigenvalue weighted by Gasteiger charge is 2.13. The number of thiazole rings is 1. The Balaban J connectivity index is 2.13. The topological polar surface area (TPSA) is 69.6 Å². The van der Waals surface area contributed by atoms with Gasteiger partial charge in [0.15, 0.2) is 5.57 Å².